The van der Waals surface area contributed by atoms with Crippen molar-refractivity contribution in [3.8, 4) is 0 Å². The summed E-state index contributed by atoms with van der Waals surface area (Å²) >= 11 is -1.43. The summed E-state index contributed by atoms with van der Waals surface area (Å²) in [6, 6.07) is 0. The van der Waals surface area contributed by atoms with Crippen molar-refractivity contribution in [2.75, 3.05) is 16.5 Å². The fraction of sp³-hybridized carbons (Fsp3) is 0.875. The van der Waals surface area contributed by atoms with Gasteiger partial charge < -0.3 is 0 Å². The van der Waals surface area contributed by atoms with Crippen molar-refractivity contribution in [3.63, 3.8) is 0 Å². The van der Waals surface area contributed by atoms with Gasteiger partial charge in [-0.1, -0.05) is 0 Å². The molecule has 0 heterocycles. The zero-order valence-corrected chi connectivity index (χ0v) is 10.5. The number of halogens is 4. The molecule has 0 amide bonds. The van der Waals surface area contributed by atoms with Crippen molar-refractivity contribution in [3.05, 3.63) is 0 Å². The van der Waals surface area contributed by atoms with Crippen LogP contribution in [0.25, 0.3) is 0 Å². The molecule has 0 N–H and O–H groups in total. The Kier molecular flexibility index (Phi) is 5.77. The topological polar surface area (TPSA) is 26.3 Å². The average Bonchev–Trinajstić information content (AvgIpc) is 2.00. The molecule has 2 nitrogen and oxygen atoms in total. The van der Waals surface area contributed by atoms with E-state index in [1.165, 1.54) is 0 Å². The normalized spacial score (nSPS) is 14.9. The summed E-state index contributed by atoms with van der Waals surface area (Å²) in [5, 5.41) is 0. The fourth-order valence-corrected chi connectivity index (χ4v) is 3.86. The number of alkyl halides is 6. The molecule has 0 radical (unpaired) electrons. The molecule has 0 aliphatic carbocycles. The van der Waals surface area contributed by atoms with Crippen LogP contribution in [0.3, 0.4) is 0 Å². The first kappa shape index (κ1) is 14.0. The minimum absolute atomic E-state index is 0.290. The second kappa shape index (κ2) is 5.77. The van der Waals surface area contributed by atoms with Crippen LogP contribution in [0.15, 0.2) is 0 Å². The van der Waals surface area contributed by atoms with Gasteiger partial charge in [0.25, 0.3) is 0 Å². The van der Waals surface area contributed by atoms with Crippen LogP contribution in [0.4, 0.5) is 13.2 Å². The summed E-state index contributed by atoms with van der Waals surface area (Å²) in [6.45, 7) is 0.323. The number of hydrogen-bond acceptors (Lipinski definition) is 2. The van der Waals surface area contributed by atoms with Crippen molar-refractivity contribution >= 4 is 25.8 Å². The molecule has 6 heteroatoms. The first-order valence-corrected chi connectivity index (χ1v) is 9.56. The Bertz CT molecular complexity index is 192. The number of carbonyl (C=O) groups is 1. The van der Waals surface area contributed by atoms with E-state index >= 15 is 0 Å². The van der Waals surface area contributed by atoms with Crippen molar-refractivity contribution in [1.82, 2.24) is 0 Å². The Morgan fingerprint density at radius 2 is 1.93 bits per heavy atom. The molecule has 0 saturated heterocycles. The molecule has 0 aromatic carbocycles. The third-order valence-electron chi connectivity index (χ3n) is 1.52. The molecular weight excluding hydrogens is 312 g/mol. The van der Waals surface area contributed by atoms with Gasteiger partial charge in [0.15, 0.2) is 0 Å². The van der Waals surface area contributed by atoms with Crippen molar-refractivity contribution in [2.45, 2.75) is 23.4 Å². The summed E-state index contributed by atoms with van der Waals surface area (Å²) in [5.41, 5.74) is 0. The third-order valence-corrected chi connectivity index (χ3v) is 5.92. The first-order valence-electron chi connectivity index (χ1n) is 4.00. The van der Waals surface area contributed by atoms with Gasteiger partial charge in [0.05, 0.1) is 0 Å². The average molecular weight is 326 g/mol. The predicted molar refractivity (Wildman–Crippen MR) is 57.0 cm³/mol. The van der Waals surface area contributed by atoms with Crippen LogP contribution in [0.5, 0.6) is 0 Å². The summed E-state index contributed by atoms with van der Waals surface area (Å²) < 4.78 is 39.1. The maximum absolute atomic E-state index is 11.7. The molecule has 0 rings (SSSR count). The van der Waals surface area contributed by atoms with Crippen LogP contribution in [0, 0.1) is 0 Å². The van der Waals surface area contributed by atoms with Gasteiger partial charge in [0, 0.05) is 0 Å². The summed E-state index contributed by atoms with van der Waals surface area (Å²) in [7, 11) is 0. The van der Waals surface area contributed by atoms with Crippen molar-refractivity contribution in [2.24, 2.45) is 0 Å². The van der Waals surface area contributed by atoms with Crippen LogP contribution in [0.1, 0.15) is 13.3 Å². The van der Waals surface area contributed by atoms with Crippen molar-refractivity contribution < 1.29 is 22.7 Å². The maximum atomic E-state index is 11.7. The zero-order valence-electron chi connectivity index (χ0n) is 8.32. The van der Waals surface area contributed by atoms with Gasteiger partial charge in [0.2, 0.25) is 0 Å². The monoisotopic (exact) mass is 326 g/mol. The van der Waals surface area contributed by atoms with E-state index in [1.54, 1.807) is 6.92 Å². The Balaban J connectivity index is 4.06. The summed E-state index contributed by atoms with van der Waals surface area (Å²) in [4.78, 5) is 15.1. The number of rotatable bonds is 4. The third kappa shape index (κ3) is 5.66. The molecule has 0 aromatic heterocycles. The van der Waals surface area contributed by atoms with Gasteiger partial charge >= 0.3 is 88.4 Å². The van der Waals surface area contributed by atoms with E-state index in [4.69, 9.17) is 0 Å². The van der Waals surface area contributed by atoms with Gasteiger partial charge in [-0.3, -0.25) is 0 Å². The molecule has 1 atom stereocenters. The molecule has 0 aliphatic heterocycles. The number of ether oxygens (including phenoxy) is 1. The van der Waals surface area contributed by atoms with E-state index in [9.17, 15) is 18.0 Å². The number of carbonyl (C=O) groups excluding carboxylic acids is 1. The quantitative estimate of drug-likeness (QED) is 0.451. The molecule has 0 fully saturated rings. The molecule has 0 aromatic rings. The SMILES string of the molecule is CCC(C(=O)OCC(F)(F)F)I(C)C. The number of esters is 1. The molecule has 1 unspecified atom stereocenters. The Hall–Kier alpha value is -0.0100. The predicted octanol–water partition coefficient (Wildman–Crippen LogP) is 2.64. The van der Waals surface area contributed by atoms with Gasteiger partial charge in [-0.15, -0.1) is 0 Å². The van der Waals surface area contributed by atoms with Crippen LogP contribution in [0.2, 0.25) is 0 Å². The Morgan fingerprint density at radius 3 is 2.21 bits per heavy atom. The van der Waals surface area contributed by atoms with Crippen LogP contribution in [-0.2, 0) is 9.53 Å². The van der Waals surface area contributed by atoms with E-state index in [1.807, 2.05) is 9.86 Å². The van der Waals surface area contributed by atoms with Crippen LogP contribution >= 0.6 is 19.8 Å². The zero-order chi connectivity index (χ0) is 11.4. The molecule has 0 spiro atoms. The van der Waals surface area contributed by atoms with Crippen LogP contribution in [-0.4, -0.2) is 32.5 Å². The second-order valence-corrected chi connectivity index (χ2v) is 9.07. The molecular formula is C8H14F3IO2. The molecule has 14 heavy (non-hydrogen) atoms. The fourth-order valence-electron chi connectivity index (χ4n) is 0.897. The molecule has 0 bridgehead atoms. The summed E-state index contributed by atoms with van der Waals surface area (Å²) in [6.07, 6.45) is -3.86. The van der Waals surface area contributed by atoms with E-state index < -0.39 is 38.6 Å². The van der Waals surface area contributed by atoms with Gasteiger partial charge in [0.1, 0.15) is 0 Å². The Labute approximate surface area is 88.6 Å². The van der Waals surface area contributed by atoms with Crippen LogP contribution < -0.4 is 0 Å². The van der Waals surface area contributed by atoms with E-state index in [0.717, 1.165) is 0 Å². The number of hydrogen-bond donors (Lipinski definition) is 0. The molecule has 0 saturated carbocycles. The minimum atomic E-state index is -4.42. The van der Waals surface area contributed by atoms with E-state index in [2.05, 4.69) is 4.74 Å². The summed E-state index contributed by atoms with van der Waals surface area (Å²) in [5.74, 6) is -0.694. The van der Waals surface area contributed by atoms with Crippen molar-refractivity contribution in [1.29, 1.82) is 0 Å². The standard InChI is InChI=1S/C8H14F3IO2/c1-4-6(12(2)3)7(13)14-5-8(9,10)11/h6H,4-5H2,1-3H3. The Morgan fingerprint density at radius 1 is 1.43 bits per heavy atom. The molecule has 0 aliphatic rings. The van der Waals surface area contributed by atoms with E-state index in [-0.39, 0.29) is 3.92 Å². The van der Waals surface area contributed by atoms with E-state index in [0.29, 0.717) is 6.42 Å². The van der Waals surface area contributed by atoms with Gasteiger partial charge in [-0.25, -0.2) is 0 Å². The van der Waals surface area contributed by atoms with Gasteiger partial charge in [-0.2, -0.15) is 0 Å². The van der Waals surface area contributed by atoms with Gasteiger partial charge in [-0.05, 0) is 0 Å². The first-order chi connectivity index (χ1) is 6.28. The molecule has 86 valence electrons. The second-order valence-electron chi connectivity index (χ2n) is 2.91.